The van der Waals surface area contributed by atoms with Crippen molar-refractivity contribution in [1.82, 2.24) is 20.6 Å². The van der Waals surface area contributed by atoms with Crippen LogP contribution in [0, 0.1) is 0 Å². The second-order valence-electron chi connectivity index (χ2n) is 0.560. The van der Waals surface area contributed by atoms with Crippen molar-refractivity contribution in [1.29, 1.82) is 0 Å². The maximum absolute atomic E-state index is 3.38. The Hall–Kier alpha value is -0.494. The van der Waals surface area contributed by atoms with Gasteiger partial charge in [-0.2, -0.15) is 5.21 Å². The standard InChI is InChI=1S/CH2N4.Co.FH/c1-2-4-5-3-1;;/h1H,(H,2,3,4,5);;1H. The van der Waals surface area contributed by atoms with Gasteiger partial charge in [0, 0.05) is 16.8 Å². The first-order chi connectivity index (χ1) is 2.50. The van der Waals surface area contributed by atoms with Gasteiger partial charge in [0.2, 0.25) is 0 Å². The smallest absolute Gasteiger partial charge is 0.161 e. The van der Waals surface area contributed by atoms with Crippen LogP contribution in [0.2, 0.25) is 0 Å². The second kappa shape index (κ2) is 5.51. The molecule has 4 nitrogen and oxygen atoms in total. The Bertz CT molecular complexity index is 68.2. The average Bonchev–Trinajstić information content (AvgIpc) is 1.76. The summed E-state index contributed by atoms with van der Waals surface area (Å²) in [5.41, 5.74) is 0. The number of rotatable bonds is 0. The molecule has 1 aromatic heterocycles. The summed E-state index contributed by atoms with van der Waals surface area (Å²) in [4.78, 5) is 0. The van der Waals surface area contributed by atoms with Crippen molar-refractivity contribution in [3.63, 3.8) is 0 Å². The van der Waals surface area contributed by atoms with Gasteiger partial charge in [-0.05, 0) is 0 Å². The van der Waals surface area contributed by atoms with E-state index in [1.807, 2.05) is 0 Å². The van der Waals surface area contributed by atoms with Crippen LogP contribution in [0.5, 0.6) is 0 Å². The van der Waals surface area contributed by atoms with Crippen LogP contribution < -0.4 is 0 Å². The fraction of sp³-hybridized carbons (Fsp3) is 0. The number of hydrogen-bond acceptors (Lipinski definition) is 3. The summed E-state index contributed by atoms with van der Waals surface area (Å²) in [7, 11) is 0. The van der Waals surface area contributed by atoms with Crippen LogP contribution in [-0.4, -0.2) is 20.6 Å². The van der Waals surface area contributed by atoms with Crippen molar-refractivity contribution in [3.8, 4) is 0 Å². The van der Waals surface area contributed by atoms with Crippen molar-refractivity contribution in [2.45, 2.75) is 0 Å². The van der Waals surface area contributed by atoms with E-state index in [0.29, 0.717) is 0 Å². The van der Waals surface area contributed by atoms with E-state index in [9.17, 15) is 0 Å². The molecule has 0 atom stereocenters. The maximum atomic E-state index is 3.38. The molecule has 0 unspecified atom stereocenters. The molecule has 0 amide bonds. The molecular weight excluding hydrogens is 146 g/mol. The van der Waals surface area contributed by atoms with Crippen molar-refractivity contribution < 1.29 is 21.5 Å². The van der Waals surface area contributed by atoms with E-state index in [4.69, 9.17) is 0 Å². The number of tetrazole rings is 1. The zero-order chi connectivity index (χ0) is 3.54. The number of aromatic amines is 1. The molecule has 0 fully saturated rings. The summed E-state index contributed by atoms with van der Waals surface area (Å²) in [5, 5.41) is 12.2. The average molecular weight is 149 g/mol. The van der Waals surface area contributed by atoms with Crippen LogP contribution in [-0.2, 0) is 16.8 Å². The van der Waals surface area contributed by atoms with Gasteiger partial charge in [-0.1, -0.05) is 5.21 Å². The molecule has 1 rings (SSSR count). The van der Waals surface area contributed by atoms with E-state index in [-0.39, 0.29) is 21.5 Å². The first-order valence-corrected chi connectivity index (χ1v) is 1.16. The topological polar surface area (TPSA) is 54.5 Å². The van der Waals surface area contributed by atoms with Crippen LogP contribution in [0.4, 0.5) is 4.70 Å². The quantitative estimate of drug-likeness (QED) is 0.533. The van der Waals surface area contributed by atoms with Gasteiger partial charge in [0.15, 0.2) is 6.33 Å². The van der Waals surface area contributed by atoms with Gasteiger partial charge in [-0.3, -0.25) is 4.70 Å². The Balaban J connectivity index is 0. The first kappa shape index (κ1) is 9.71. The molecule has 7 heavy (non-hydrogen) atoms. The van der Waals surface area contributed by atoms with E-state index in [1.165, 1.54) is 6.33 Å². The molecule has 0 aromatic carbocycles. The minimum Gasteiger partial charge on any atom is -0.269 e. The molecular formula is CH3CoFN4. The molecule has 0 aliphatic rings. The third-order valence-electron chi connectivity index (χ3n) is 0.270. The summed E-state index contributed by atoms with van der Waals surface area (Å²) >= 11 is 0. The summed E-state index contributed by atoms with van der Waals surface area (Å²) in [6.07, 6.45) is 1.33. The van der Waals surface area contributed by atoms with Gasteiger partial charge >= 0.3 is 0 Å². The van der Waals surface area contributed by atoms with Crippen LogP contribution in [0.3, 0.4) is 0 Å². The summed E-state index contributed by atoms with van der Waals surface area (Å²) in [6.45, 7) is 0. The van der Waals surface area contributed by atoms with Gasteiger partial charge < -0.3 is 0 Å². The number of aromatic nitrogens is 4. The van der Waals surface area contributed by atoms with Crippen LogP contribution >= 0.6 is 0 Å². The van der Waals surface area contributed by atoms with E-state index < -0.39 is 0 Å². The van der Waals surface area contributed by atoms with Gasteiger partial charge in [0.1, 0.15) is 0 Å². The molecule has 0 saturated heterocycles. The molecule has 0 aliphatic heterocycles. The zero-order valence-corrected chi connectivity index (χ0v) is 4.20. The van der Waals surface area contributed by atoms with Gasteiger partial charge in [0.25, 0.3) is 0 Å². The third-order valence-corrected chi connectivity index (χ3v) is 0.270. The van der Waals surface area contributed by atoms with E-state index in [1.54, 1.807) is 0 Å². The molecule has 6 heteroatoms. The van der Waals surface area contributed by atoms with E-state index in [2.05, 4.69) is 20.6 Å². The Morgan fingerprint density at radius 1 is 1.43 bits per heavy atom. The number of nitrogens with zero attached hydrogens (tertiary/aromatic N) is 3. The van der Waals surface area contributed by atoms with Crippen molar-refractivity contribution >= 4 is 0 Å². The molecule has 1 heterocycles. The van der Waals surface area contributed by atoms with Crippen molar-refractivity contribution in [2.24, 2.45) is 0 Å². The summed E-state index contributed by atoms with van der Waals surface area (Å²) < 4.78 is 0. The van der Waals surface area contributed by atoms with Crippen LogP contribution in [0.25, 0.3) is 0 Å². The molecule has 0 bridgehead atoms. The number of H-pyrrole nitrogens is 1. The molecule has 43 valence electrons. The summed E-state index contributed by atoms with van der Waals surface area (Å²) in [5.74, 6) is 0. The fourth-order valence-electron chi connectivity index (χ4n) is 0.129. The van der Waals surface area contributed by atoms with Gasteiger partial charge in [0.05, 0.1) is 0 Å². The second-order valence-corrected chi connectivity index (χ2v) is 0.560. The Morgan fingerprint density at radius 3 is 2.29 bits per heavy atom. The number of halogens is 1. The summed E-state index contributed by atoms with van der Waals surface area (Å²) in [6, 6.07) is 0. The molecule has 1 aromatic rings. The van der Waals surface area contributed by atoms with E-state index in [0.717, 1.165) is 0 Å². The monoisotopic (exact) mass is 149 g/mol. The Kier molecular flexibility index (Phi) is 7.64. The fourth-order valence-corrected chi connectivity index (χ4v) is 0.129. The minimum atomic E-state index is 0. The molecule has 1 radical (unpaired) electrons. The van der Waals surface area contributed by atoms with Gasteiger partial charge in [-0.25, -0.2) is 0 Å². The molecule has 0 saturated carbocycles. The van der Waals surface area contributed by atoms with Crippen LogP contribution in [0.1, 0.15) is 0 Å². The minimum absolute atomic E-state index is 0. The van der Waals surface area contributed by atoms with E-state index >= 15 is 0 Å². The Labute approximate surface area is 49.3 Å². The predicted octanol–water partition coefficient (Wildman–Crippen LogP) is -0.650. The molecule has 1 N–H and O–H groups in total. The maximum Gasteiger partial charge on any atom is 0.161 e. The predicted molar refractivity (Wildman–Crippen MR) is 16.7 cm³/mol. The Morgan fingerprint density at radius 2 is 2.14 bits per heavy atom. The first-order valence-electron chi connectivity index (χ1n) is 1.16. The number of nitrogens with one attached hydrogen (secondary N) is 1. The molecule has 0 aliphatic carbocycles. The zero-order valence-electron chi connectivity index (χ0n) is 3.16. The van der Waals surface area contributed by atoms with Gasteiger partial charge in [-0.15, -0.1) is 10.2 Å². The SMILES string of the molecule is F.[Co].c1nn[nH]n1. The third kappa shape index (κ3) is 3.33. The van der Waals surface area contributed by atoms with Crippen molar-refractivity contribution in [3.05, 3.63) is 6.33 Å². The number of hydrogen-bond donors (Lipinski definition) is 1. The molecule has 0 spiro atoms. The van der Waals surface area contributed by atoms with Crippen molar-refractivity contribution in [2.75, 3.05) is 0 Å². The normalized spacial score (nSPS) is 5.71. The van der Waals surface area contributed by atoms with Crippen LogP contribution in [0.15, 0.2) is 6.33 Å². The largest absolute Gasteiger partial charge is 0.269 e.